The van der Waals surface area contributed by atoms with Crippen LogP contribution in [-0.4, -0.2) is 5.97 Å². The van der Waals surface area contributed by atoms with Gasteiger partial charge < -0.3 is 4.74 Å². The maximum absolute atomic E-state index is 11.8. The van der Waals surface area contributed by atoms with E-state index in [0.717, 1.165) is 5.56 Å². The number of esters is 1. The van der Waals surface area contributed by atoms with Crippen molar-refractivity contribution in [2.24, 2.45) is 11.3 Å². The maximum Gasteiger partial charge on any atom is 0.317 e. The van der Waals surface area contributed by atoms with Gasteiger partial charge in [0.15, 0.2) is 0 Å². The summed E-state index contributed by atoms with van der Waals surface area (Å²) in [6.45, 7) is 5.87. The molecule has 16 heavy (non-hydrogen) atoms. The summed E-state index contributed by atoms with van der Waals surface area (Å²) in [6.07, 6.45) is 2.02. The second-order valence-corrected chi connectivity index (χ2v) is 4.80. The van der Waals surface area contributed by atoms with Gasteiger partial charge in [0, 0.05) is 5.56 Å². The highest BCUT2D eigenvalue weighted by Gasteiger charge is 2.39. The highest BCUT2D eigenvalue weighted by atomic mass is 16.5. The Labute approximate surface area is 95.9 Å². The van der Waals surface area contributed by atoms with E-state index in [1.165, 1.54) is 0 Å². The molecule has 0 unspecified atom stereocenters. The molecule has 0 fully saturated rings. The predicted octanol–water partition coefficient (Wildman–Crippen LogP) is 3.25. The van der Waals surface area contributed by atoms with Crippen LogP contribution in [0.1, 0.15) is 26.3 Å². The second kappa shape index (κ2) is 3.78. The molecular formula is C14H16O2. The summed E-state index contributed by atoms with van der Waals surface area (Å²) in [5.41, 5.74) is 0.524. The van der Waals surface area contributed by atoms with Gasteiger partial charge in [-0.2, -0.15) is 0 Å². The van der Waals surface area contributed by atoms with E-state index < -0.39 is 5.41 Å². The average Bonchev–Trinajstić information content (AvgIpc) is 2.27. The molecule has 0 bridgehead atoms. The molecule has 0 N–H and O–H groups in total. The minimum absolute atomic E-state index is 0.152. The minimum Gasteiger partial charge on any atom is -0.426 e. The van der Waals surface area contributed by atoms with Crippen molar-refractivity contribution in [3.8, 4) is 0 Å². The van der Waals surface area contributed by atoms with Crippen LogP contribution in [0.5, 0.6) is 0 Å². The lowest BCUT2D eigenvalue weighted by Gasteiger charge is -2.32. The van der Waals surface area contributed by atoms with Crippen LogP contribution in [0.2, 0.25) is 0 Å². The van der Waals surface area contributed by atoms with E-state index in [9.17, 15) is 4.79 Å². The van der Waals surface area contributed by atoms with Crippen LogP contribution in [0.15, 0.2) is 36.4 Å². The van der Waals surface area contributed by atoms with Crippen molar-refractivity contribution in [1.29, 1.82) is 0 Å². The molecule has 2 nitrogen and oxygen atoms in total. The molecule has 84 valence electrons. The fourth-order valence-electron chi connectivity index (χ4n) is 1.64. The lowest BCUT2D eigenvalue weighted by atomic mass is 9.78. The van der Waals surface area contributed by atoms with E-state index in [2.05, 4.69) is 0 Å². The molecule has 1 heterocycles. The summed E-state index contributed by atoms with van der Waals surface area (Å²) in [4.78, 5) is 11.8. The molecule has 0 saturated carbocycles. The van der Waals surface area contributed by atoms with Crippen LogP contribution in [0.25, 0.3) is 5.76 Å². The normalized spacial score (nSPS) is 23.6. The van der Waals surface area contributed by atoms with Crippen LogP contribution in [0.3, 0.4) is 0 Å². The molecule has 0 amide bonds. The van der Waals surface area contributed by atoms with Crippen molar-refractivity contribution < 1.29 is 9.53 Å². The molecule has 2 heteroatoms. The van der Waals surface area contributed by atoms with Crippen LogP contribution >= 0.6 is 0 Å². The topological polar surface area (TPSA) is 26.3 Å². The molecular weight excluding hydrogens is 200 g/mol. The van der Waals surface area contributed by atoms with Gasteiger partial charge in [-0.1, -0.05) is 37.3 Å². The Kier molecular flexibility index (Phi) is 2.58. The zero-order chi connectivity index (χ0) is 11.8. The van der Waals surface area contributed by atoms with Crippen molar-refractivity contribution in [3.05, 3.63) is 42.0 Å². The number of ether oxygens (including phenoxy) is 1. The molecule has 0 radical (unpaired) electrons. The Morgan fingerprint density at radius 1 is 1.19 bits per heavy atom. The Bertz CT molecular complexity index is 429. The molecule has 1 aliphatic rings. The van der Waals surface area contributed by atoms with E-state index in [0.29, 0.717) is 5.76 Å². The van der Waals surface area contributed by atoms with Gasteiger partial charge in [0.05, 0.1) is 5.41 Å². The molecule has 0 saturated heterocycles. The van der Waals surface area contributed by atoms with Crippen molar-refractivity contribution in [3.63, 3.8) is 0 Å². The highest BCUT2D eigenvalue weighted by Crippen LogP contribution is 2.37. The summed E-state index contributed by atoms with van der Waals surface area (Å²) in [6, 6.07) is 9.72. The van der Waals surface area contributed by atoms with E-state index in [-0.39, 0.29) is 11.9 Å². The molecule has 0 spiro atoms. The number of allylic oxidation sites excluding steroid dienone is 1. The van der Waals surface area contributed by atoms with Crippen molar-refractivity contribution in [1.82, 2.24) is 0 Å². The largest absolute Gasteiger partial charge is 0.426 e. The van der Waals surface area contributed by atoms with E-state index in [1.54, 1.807) is 0 Å². The zero-order valence-corrected chi connectivity index (χ0v) is 9.86. The first-order chi connectivity index (χ1) is 7.51. The molecule has 0 aliphatic carbocycles. The third-order valence-electron chi connectivity index (χ3n) is 3.33. The monoisotopic (exact) mass is 216 g/mol. The Balaban J connectivity index is 2.37. The van der Waals surface area contributed by atoms with Gasteiger partial charge in [-0.3, -0.25) is 4.79 Å². The molecule has 1 aromatic carbocycles. The third kappa shape index (κ3) is 1.75. The zero-order valence-electron chi connectivity index (χ0n) is 9.86. The average molecular weight is 216 g/mol. The molecule has 2 rings (SSSR count). The van der Waals surface area contributed by atoms with Crippen molar-refractivity contribution >= 4 is 11.7 Å². The number of hydrogen-bond donors (Lipinski definition) is 0. The quantitative estimate of drug-likeness (QED) is 0.673. The lowest BCUT2D eigenvalue weighted by Crippen LogP contribution is -2.35. The van der Waals surface area contributed by atoms with Gasteiger partial charge in [0.1, 0.15) is 5.76 Å². The van der Waals surface area contributed by atoms with Gasteiger partial charge in [-0.15, -0.1) is 0 Å². The van der Waals surface area contributed by atoms with Gasteiger partial charge in [0.25, 0.3) is 0 Å². The molecule has 0 aromatic heterocycles. The van der Waals surface area contributed by atoms with Gasteiger partial charge in [-0.05, 0) is 25.8 Å². The van der Waals surface area contributed by atoms with Gasteiger partial charge in [-0.25, -0.2) is 0 Å². The minimum atomic E-state index is -0.432. The summed E-state index contributed by atoms with van der Waals surface area (Å²) < 4.78 is 5.38. The first-order valence-corrected chi connectivity index (χ1v) is 5.51. The lowest BCUT2D eigenvalue weighted by molar-refractivity contribution is -0.149. The highest BCUT2D eigenvalue weighted by molar-refractivity contribution is 5.85. The number of rotatable bonds is 1. The SMILES string of the molecule is C[C@@H]1C=C(c2ccccc2)OC(=O)C1(C)C. The number of carbonyl (C=O) groups excluding carboxylic acids is 1. The van der Waals surface area contributed by atoms with Crippen LogP contribution in [0.4, 0.5) is 0 Å². The van der Waals surface area contributed by atoms with Crippen molar-refractivity contribution in [2.75, 3.05) is 0 Å². The fraction of sp³-hybridized carbons (Fsp3) is 0.357. The van der Waals surface area contributed by atoms with Crippen LogP contribution in [0, 0.1) is 11.3 Å². The summed E-state index contributed by atoms with van der Waals surface area (Å²) in [5.74, 6) is 0.711. The fourth-order valence-corrected chi connectivity index (χ4v) is 1.64. The maximum atomic E-state index is 11.8. The number of benzene rings is 1. The Morgan fingerprint density at radius 2 is 1.81 bits per heavy atom. The summed E-state index contributed by atoms with van der Waals surface area (Å²) >= 11 is 0. The predicted molar refractivity (Wildman–Crippen MR) is 63.5 cm³/mol. The van der Waals surface area contributed by atoms with Crippen LogP contribution < -0.4 is 0 Å². The van der Waals surface area contributed by atoms with E-state index >= 15 is 0 Å². The van der Waals surface area contributed by atoms with Crippen LogP contribution in [-0.2, 0) is 9.53 Å². The molecule has 1 atom stereocenters. The molecule has 1 aromatic rings. The number of carbonyl (C=O) groups is 1. The Morgan fingerprint density at radius 3 is 2.38 bits per heavy atom. The van der Waals surface area contributed by atoms with Gasteiger partial charge in [0.2, 0.25) is 0 Å². The number of hydrogen-bond acceptors (Lipinski definition) is 2. The first kappa shape index (κ1) is 10.9. The first-order valence-electron chi connectivity index (χ1n) is 5.51. The smallest absolute Gasteiger partial charge is 0.317 e. The van der Waals surface area contributed by atoms with Gasteiger partial charge >= 0.3 is 5.97 Å². The van der Waals surface area contributed by atoms with Crippen molar-refractivity contribution in [2.45, 2.75) is 20.8 Å². The number of cyclic esters (lactones) is 1. The second-order valence-electron chi connectivity index (χ2n) is 4.80. The molecule has 1 aliphatic heterocycles. The standard InChI is InChI=1S/C14H16O2/c1-10-9-12(11-7-5-4-6-8-11)16-13(15)14(10,2)3/h4-10H,1-3H3/t10-/m1/s1. The van der Waals surface area contributed by atoms with E-state index in [1.807, 2.05) is 57.2 Å². The third-order valence-corrected chi connectivity index (χ3v) is 3.33. The Hall–Kier alpha value is -1.57. The summed E-state index contributed by atoms with van der Waals surface area (Å²) in [5, 5.41) is 0. The van der Waals surface area contributed by atoms with E-state index in [4.69, 9.17) is 4.74 Å². The summed E-state index contributed by atoms with van der Waals surface area (Å²) in [7, 11) is 0.